The number of ether oxygens (including phenoxy) is 2. The first kappa shape index (κ1) is 17.2. The third kappa shape index (κ3) is 4.06. The molecule has 23 heavy (non-hydrogen) atoms. The van der Waals surface area contributed by atoms with Crippen molar-refractivity contribution in [1.82, 2.24) is 9.80 Å². The maximum absolute atomic E-state index is 9.41. The van der Waals surface area contributed by atoms with E-state index in [1.807, 2.05) is 32.2 Å². The van der Waals surface area contributed by atoms with Crippen LogP contribution in [0, 0.1) is 0 Å². The molecule has 0 saturated carbocycles. The fourth-order valence-electron chi connectivity index (χ4n) is 2.68. The number of thiophene rings is 1. The molecule has 2 saturated heterocycles. The molecule has 0 spiro atoms. The number of amidine groups is 1. The van der Waals surface area contributed by atoms with Crippen molar-refractivity contribution in [3.05, 3.63) is 20.8 Å². The van der Waals surface area contributed by atoms with Gasteiger partial charge in [0.1, 0.15) is 0 Å². The van der Waals surface area contributed by atoms with Crippen LogP contribution in [-0.4, -0.2) is 65.1 Å². The molecule has 8 heteroatoms. The molecule has 2 atom stereocenters. The molecule has 2 aliphatic heterocycles. The van der Waals surface area contributed by atoms with Gasteiger partial charge in [-0.05, 0) is 48.1 Å². The summed E-state index contributed by atoms with van der Waals surface area (Å²) < 4.78 is 12.4. The average Bonchev–Trinajstić information content (AvgIpc) is 3.10. The molecule has 0 bridgehead atoms. The second-order valence-corrected chi connectivity index (χ2v) is 8.44. The molecule has 0 aliphatic carbocycles. The minimum absolute atomic E-state index is 0.0550. The first-order valence-corrected chi connectivity index (χ1v) is 9.34. The van der Waals surface area contributed by atoms with Gasteiger partial charge >= 0.3 is 0 Å². The SMILES string of the molecule is CC(C)(C)OC1OC1N1CCN(/C(=N\O)c2sccc2Br)CC1. The zero-order chi connectivity index (χ0) is 16.6. The standard InChI is InChI=1S/C15H22BrN3O3S/c1-15(2,3)22-14-13(21-14)19-7-5-18(6-8-19)12(17-20)11-10(16)4-9-23-11/h4,9,13-14,20H,5-8H2,1-3H3/b17-12-. The summed E-state index contributed by atoms with van der Waals surface area (Å²) in [6.07, 6.45) is -0.0710. The Bertz CT molecular complexity index is 579. The van der Waals surface area contributed by atoms with E-state index in [1.165, 1.54) is 0 Å². The van der Waals surface area contributed by atoms with Crippen LogP contribution in [0.25, 0.3) is 0 Å². The Morgan fingerprint density at radius 3 is 2.61 bits per heavy atom. The predicted molar refractivity (Wildman–Crippen MR) is 93.0 cm³/mol. The van der Waals surface area contributed by atoms with Crippen LogP contribution < -0.4 is 0 Å². The molecule has 0 aromatic carbocycles. The fraction of sp³-hybridized carbons (Fsp3) is 0.667. The van der Waals surface area contributed by atoms with E-state index in [1.54, 1.807) is 11.3 Å². The molecule has 6 nitrogen and oxygen atoms in total. The highest BCUT2D eigenvalue weighted by atomic mass is 79.9. The van der Waals surface area contributed by atoms with Crippen LogP contribution in [0.5, 0.6) is 0 Å². The molecular weight excluding hydrogens is 382 g/mol. The molecule has 1 aromatic heterocycles. The van der Waals surface area contributed by atoms with Gasteiger partial charge in [-0.25, -0.2) is 0 Å². The molecule has 2 fully saturated rings. The van der Waals surface area contributed by atoms with Crippen molar-refractivity contribution < 1.29 is 14.7 Å². The summed E-state index contributed by atoms with van der Waals surface area (Å²) in [4.78, 5) is 5.35. The van der Waals surface area contributed by atoms with Crippen LogP contribution in [0.3, 0.4) is 0 Å². The van der Waals surface area contributed by atoms with Gasteiger partial charge in [-0.3, -0.25) is 4.90 Å². The summed E-state index contributed by atoms with van der Waals surface area (Å²) in [6.45, 7) is 9.41. The minimum Gasteiger partial charge on any atom is -0.409 e. The maximum atomic E-state index is 9.41. The number of epoxide rings is 1. The zero-order valence-electron chi connectivity index (χ0n) is 13.5. The van der Waals surface area contributed by atoms with Gasteiger partial charge in [-0.15, -0.1) is 11.3 Å². The molecule has 128 valence electrons. The Morgan fingerprint density at radius 2 is 2.09 bits per heavy atom. The monoisotopic (exact) mass is 403 g/mol. The summed E-state index contributed by atoms with van der Waals surface area (Å²) in [6, 6.07) is 1.97. The Balaban J connectivity index is 1.54. The molecule has 1 N–H and O–H groups in total. The van der Waals surface area contributed by atoms with E-state index >= 15 is 0 Å². The molecule has 3 rings (SSSR count). The van der Waals surface area contributed by atoms with E-state index < -0.39 is 0 Å². The quantitative estimate of drug-likeness (QED) is 0.276. The number of hydrogen-bond acceptors (Lipinski definition) is 6. The lowest BCUT2D eigenvalue weighted by Gasteiger charge is -2.35. The van der Waals surface area contributed by atoms with Gasteiger partial charge in [0, 0.05) is 30.7 Å². The van der Waals surface area contributed by atoms with E-state index in [0.717, 1.165) is 35.5 Å². The number of nitrogens with zero attached hydrogens (tertiary/aromatic N) is 3. The zero-order valence-corrected chi connectivity index (χ0v) is 15.9. The van der Waals surface area contributed by atoms with Crippen molar-refractivity contribution in [3.63, 3.8) is 0 Å². The maximum Gasteiger partial charge on any atom is 0.200 e. The molecule has 0 amide bonds. The van der Waals surface area contributed by atoms with Gasteiger partial charge in [-0.2, -0.15) is 0 Å². The number of hydrogen-bond donors (Lipinski definition) is 1. The van der Waals surface area contributed by atoms with Crippen LogP contribution in [0.2, 0.25) is 0 Å². The minimum atomic E-state index is -0.191. The second kappa shape index (κ2) is 6.68. The van der Waals surface area contributed by atoms with Gasteiger partial charge in [0.15, 0.2) is 18.4 Å². The lowest BCUT2D eigenvalue weighted by molar-refractivity contribution is -0.0579. The van der Waals surface area contributed by atoms with E-state index in [9.17, 15) is 5.21 Å². The normalized spacial score (nSPS) is 26.6. The van der Waals surface area contributed by atoms with Gasteiger partial charge in [0.2, 0.25) is 0 Å². The van der Waals surface area contributed by atoms with Crippen LogP contribution in [-0.2, 0) is 9.47 Å². The molecule has 2 aliphatic rings. The van der Waals surface area contributed by atoms with Crippen molar-refractivity contribution in [1.29, 1.82) is 0 Å². The van der Waals surface area contributed by atoms with Gasteiger partial charge in [0.05, 0.1) is 10.5 Å². The van der Waals surface area contributed by atoms with E-state index in [4.69, 9.17) is 9.47 Å². The largest absolute Gasteiger partial charge is 0.409 e. The summed E-state index contributed by atoms with van der Waals surface area (Å²) in [5, 5.41) is 14.9. The molecule has 1 aromatic rings. The van der Waals surface area contributed by atoms with E-state index in [-0.39, 0.29) is 18.1 Å². The number of piperazine rings is 1. The predicted octanol–water partition coefficient (Wildman–Crippen LogP) is 2.76. The summed E-state index contributed by atoms with van der Waals surface area (Å²) in [7, 11) is 0. The lowest BCUT2D eigenvalue weighted by Crippen LogP contribution is -2.50. The Kier molecular flexibility index (Phi) is 4.98. The number of halogens is 1. The summed E-state index contributed by atoms with van der Waals surface area (Å²) in [5.41, 5.74) is -0.191. The Labute approximate surface area is 148 Å². The van der Waals surface area contributed by atoms with Gasteiger partial charge in [-0.1, -0.05) is 5.16 Å². The van der Waals surface area contributed by atoms with Crippen molar-refractivity contribution >= 4 is 33.1 Å². The van der Waals surface area contributed by atoms with Crippen molar-refractivity contribution in [3.8, 4) is 0 Å². The fourth-order valence-corrected chi connectivity index (χ4v) is 4.24. The van der Waals surface area contributed by atoms with E-state index in [2.05, 4.69) is 30.9 Å². The summed E-state index contributed by atoms with van der Waals surface area (Å²) >= 11 is 5.06. The number of oxime groups is 1. The molecule has 3 heterocycles. The average molecular weight is 404 g/mol. The highest BCUT2D eigenvalue weighted by Gasteiger charge is 2.47. The third-order valence-electron chi connectivity index (χ3n) is 3.79. The first-order valence-electron chi connectivity index (χ1n) is 7.67. The van der Waals surface area contributed by atoms with Crippen LogP contribution in [0.15, 0.2) is 21.1 Å². The molecular formula is C15H22BrN3O3S. The summed E-state index contributed by atoms with van der Waals surface area (Å²) in [5.74, 6) is 0.630. The smallest absolute Gasteiger partial charge is 0.200 e. The van der Waals surface area contributed by atoms with Crippen LogP contribution in [0.1, 0.15) is 25.6 Å². The Morgan fingerprint density at radius 1 is 1.39 bits per heavy atom. The molecule has 2 unspecified atom stereocenters. The third-order valence-corrected chi connectivity index (χ3v) is 5.62. The number of rotatable bonds is 3. The van der Waals surface area contributed by atoms with Crippen molar-refractivity contribution in [2.24, 2.45) is 5.16 Å². The highest BCUT2D eigenvalue weighted by molar-refractivity contribution is 9.10. The van der Waals surface area contributed by atoms with Gasteiger partial charge < -0.3 is 19.6 Å². The van der Waals surface area contributed by atoms with Gasteiger partial charge in [0.25, 0.3) is 0 Å². The molecule has 0 radical (unpaired) electrons. The van der Waals surface area contributed by atoms with Crippen LogP contribution in [0.4, 0.5) is 0 Å². The Hall–Kier alpha value is -0.670. The second-order valence-electron chi connectivity index (χ2n) is 6.67. The first-order chi connectivity index (χ1) is 10.9. The topological polar surface area (TPSA) is 60.8 Å². The van der Waals surface area contributed by atoms with E-state index in [0.29, 0.717) is 5.84 Å². The lowest BCUT2D eigenvalue weighted by atomic mass is 10.2. The highest BCUT2D eigenvalue weighted by Crippen LogP contribution is 2.32. The van der Waals surface area contributed by atoms with Crippen molar-refractivity contribution in [2.75, 3.05) is 26.2 Å². The van der Waals surface area contributed by atoms with Crippen LogP contribution >= 0.6 is 27.3 Å². The van der Waals surface area contributed by atoms with Crippen molar-refractivity contribution in [2.45, 2.75) is 38.9 Å².